The van der Waals surface area contributed by atoms with Crippen LogP contribution in [-0.2, 0) is 32.9 Å². The molecular weight excluding hydrogens is 765 g/mol. The number of hydrogen-bond donors (Lipinski definition) is 0. The van der Waals surface area contributed by atoms with Crippen LogP contribution >= 0.6 is 0 Å². The zero-order chi connectivity index (χ0) is 40.6. The molecule has 3 aromatic heterocycles. The number of furan rings is 1. The van der Waals surface area contributed by atoms with Gasteiger partial charge in [-0.1, -0.05) is 109 Å². The molecule has 1 fully saturated rings. The van der Waals surface area contributed by atoms with E-state index in [2.05, 4.69) is 22.1 Å². The Bertz CT molecular complexity index is 2490. The Hall–Kier alpha value is -4.37. The van der Waals surface area contributed by atoms with Crippen LogP contribution in [-0.4, -0.2) is 9.97 Å². The van der Waals surface area contributed by atoms with Crippen molar-refractivity contribution in [2.24, 2.45) is 5.92 Å². The summed E-state index contributed by atoms with van der Waals surface area (Å²) in [6, 6.07) is 36.6. The second-order valence-electron chi connectivity index (χ2n) is 11.7. The molecule has 1 radical (unpaired) electrons. The molecule has 0 amide bonds. The van der Waals surface area contributed by atoms with Gasteiger partial charge >= 0.3 is 0 Å². The number of pyridine rings is 2. The van der Waals surface area contributed by atoms with Gasteiger partial charge in [-0.25, -0.2) is 0 Å². The van der Waals surface area contributed by atoms with Crippen LogP contribution < -0.4 is 0 Å². The molecule has 0 bridgehead atoms. The maximum Gasteiger partial charge on any atom is 0.120 e. The van der Waals surface area contributed by atoms with Gasteiger partial charge in [0.25, 0.3) is 0 Å². The van der Waals surface area contributed by atoms with E-state index in [4.69, 9.17) is 18.1 Å². The van der Waals surface area contributed by atoms with Gasteiger partial charge in [0.15, 0.2) is 0 Å². The van der Waals surface area contributed by atoms with Crippen molar-refractivity contribution < 1.29 is 38.2 Å². The van der Waals surface area contributed by atoms with E-state index >= 15 is 0 Å². The van der Waals surface area contributed by atoms with Gasteiger partial charge in [0.2, 0.25) is 0 Å². The van der Waals surface area contributed by atoms with Crippen molar-refractivity contribution in [2.45, 2.75) is 58.6 Å². The Balaban J connectivity index is 0.000000198. The van der Waals surface area contributed by atoms with Crippen LogP contribution in [0, 0.1) is 31.8 Å². The fourth-order valence-electron chi connectivity index (χ4n) is 5.99. The van der Waals surface area contributed by atoms with E-state index in [-0.39, 0.29) is 48.3 Å². The van der Waals surface area contributed by atoms with Gasteiger partial charge in [0.1, 0.15) is 5.58 Å². The minimum absolute atomic E-state index is 0. The molecule has 1 saturated carbocycles. The molecule has 4 heteroatoms. The molecular formula is C44H40IrN2O-2. The molecule has 3 nitrogen and oxygen atoms in total. The molecule has 7 aromatic rings. The quantitative estimate of drug-likeness (QED) is 0.157. The van der Waals surface area contributed by atoms with Crippen LogP contribution in [0.1, 0.15) is 73.6 Å². The van der Waals surface area contributed by atoms with E-state index in [1.54, 1.807) is 48.5 Å². The molecule has 243 valence electrons. The normalized spacial score (nSPS) is 17.3. The maximum absolute atomic E-state index is 8.79. The summed E-state index contributed by atoms with van der Waals surface area (Å²) in [4.78, 5) is 8.66. The van der Waals surface area contributed by atoms with Gasteiger partial charge in [-0.3, -0.25) is 0 Å². The summed E-state index contributed by atoms with van der Waals surface area (Å²) >= 11 is 0. The fraction of sp³-hybridized carbons (Fsp3) is 0.227. The van der Waals surface area contributed by atoms with Gasteiger partial charge in [0, 0.05) is 51.6 Å². The molecule has 48 heavy (non-hydrogen) atoms. The predicted octanol–water partition coefficient (Wildman–Crippen LogP) is 11.3. The Morgan fingerprint density at radius 3 is 2.27 bits per heavy atom. The van der Waals surface area contributed by atoms with Crippen LogP contribution in [0.3, 0.4) is 0 Å². The van der Waals surface area contributed by atoms with Gasteiger partial charge in [-0.05, 0) is 72.1 Å². The summed E-state index contributed by atoms with van der Waals surface area (Å²) < 4.78 is 88.3. The molecule has 0 saturated heterocycles. The number of benzene rings is 4. The van der Waals surface area contributed by atoms with E-state index in [0.717, 1.165) is 54.0 Å². The zero-order valence-electron chi connectivity index (χ0n) is 36.2. The topological polar surface area (TPSA) is 38.9 Å². The summed E-state index contributed by atoms with van der Waals surface area (Å²) in [5, 5.41) is 1.85. The van der Waals surface area contributed by atoms with Crippen molar-refractivity contribution in [3.8, 4) is 22.5 Å². The third-order valence-electron chi connectivity index (χ3n) is 8.41. The van der Waals surface area contributed by atoms with Crippen molar-refractivity contribution in [3.63, 3.8) is 0 Å². The Labute approximate surface area is 311 Å². The third-order valence-corrected chi connectivity index (χ3v) is 8.41. The molecule has 0 aliphatic heterocycles. The smallest absolute Gasteiger partial charge is 0.120 e. The van der Waals surface area contributed by atoms with Crippen LogP contribution in [0.25, 0.3) is 44.5 Å². The predicted molar refractivity (Wildman–Crippen MR) is 193 cm³/mol. The summed E-state index contributed by atoms with van der Waals surface area (Å²) in [7, 11) is 0. The largest absolute Gasteiger partial charge is 0.501 e. The van der Waals surface area contributed by atoms with Gasteiger partial charge in [-0.15, -0.1) is 54.1 Å². The van der Waals surface area contributed by atoms with E-state index in [0.29, 0.717) is 28.1 Å². The first-order valence-electron chi connectivity index (χ1n) is 20.9. The number of hydrogen-bond acceptors (Lipinski definition) is 3. The van der Waals surface area contributed by atoms with Crippen molar-refractivity contribution >= 4 is 21.9 Å². The number of aryl methyl sites for hydroxylation is 2. The molecule has 8 rings (SSSR count). The zero-order valence-corrected chi connectivity index (χ0v) is 28.6. The van der Waals surface area contributed by atoms with Crippen molar-refractivity contribution in [1.82, 2.24) is 9.97 Å². The van der Waals surface area contributed by atoms with Crippen LogP contribution in [0.4, 0.5) is 0 Å². The number of nitrogens with zero attached hydrogens (tertiary/aromatic N) is 2. The molecule has 0 spiro atoms. The number of rotatable bonds is 6. The molecule has 1 aliphatic carbocycles. The molecule has 0 unspecified atom stereocenters. The van der Waals surface area contributed by atoms with Crippen molar-refractivity contribution in [1.29, 1.82) is 0 Å². The molecule has 3 heterocycles. The van der Waals surface area contributed by atoms with E-state index in [1.807, 2.05) is 48.5 Å². The Morgan fingerprint density at radius 2 is 1.48 bits per heavy atom. The van der Waals surface area contributed by atoms with Gasteiger partial charge in [0.05, 0.1) is 5.58 Å². The van der Waals surface area contributed by atoms with Crippen molar-refractivity contribution in [2.75, 3.05) is 0 Å². The minimum atomic E-state index is -2.52. The average Bonchev–Trinajstić information content (AvgIpc) is 3.60. The van der Waals surface area contributed by atoms with Gasteiger partial charge in [-0.2, -0.15) is 0 Å². The first kappa shape index (κ1) is 23.1. The van der Waals surface area contributed by atoms with Crippen LogP contribution in [0.15, 0.2) is 120 Å². The Kier molecular flexibility index (Phi) is 7.54. The van der Waals surface area contributed by atoms with E-state index in [1.165, 1.54) is 18.5 Å². The molecule has 0 atom stereocenters. The minimum Gasteiger partial charge on any atom is -0.501 e. The van der Waals surface area contributed by atoms with Crippen molar-refractivity contribution in [3.05, 3.63) is 155 Å². The third kappa shape index (κ3) is 7.67. The average molecular weight is 815 g/mol. The summed E-state index contributed by atoms with van der Waals surface area (Å²) in [6.07, 6.45) is 3.55. The standard InChI is InChI=1S/C25H18NO.C19H22N.Ir/c1-17-16-26-23(15-19(17)14-18-8-3-2-4-9-18)22-12-7-11-21-20-10-5-6-13-24(20)27-25(21)22;1-15-14-20-19(17-10-6-3-7-11-17)13-18(15)12-16-8-4-2-5-9-16;/h2-11,13,15-16H,14H2,1H3;3,6-7,10,13-14,16H,2,4-5,8-9,12H2,1H3;/q2*-1;/i1D3,14D2;1D3,12D2;. The number of para-hydroxylation sites is 1. The summed E-state index contributed by atoms with van der Waals surface area (Å²) in [6.45, 7) is -4.90. The maximum atomic E-state index is 8.79. The number of fused-ring (bicyclic) bond motifs is 3. The Morgan fingerprint density at radius 1 is 0.750 bits per heavy atom. The monoisotopic (exact) mass is 815 g/mol. The van der Waals surface area contributed by atoms with Gasteiger partial charge < -0.3 is 14.4 Å². The second kappa shape index (κ2) is 15.7. The first-order valence-corrected chi connectivity index (χ1v) is 15.9. The molecule has 0 N–H and O–H groups in total. The van der Waals surface area contributed by atoms with E-state index < -0.39 is 26.4 Å². The van der Waals surface area contributed by atoms with Crippen LogP contribution in [0.5, 0.6) is 0 Å². The SMILES string of the molecule is [2H]C([2H])([2H])c1cnc(-c2[c-]ccc3c2oc2ccccc23)cc1C([2H])([2H])c1ccccc1.[2H]C([2H])([2H])c1cnc(-c2[c-]cccc2)cc1C([2H])([2H])C1CCCCC1.[Ir]. The van der Waals surface area contributed by atoms with E-state index in [9.17, 15) is 0 Å². The van der Waals surface area contributed by atoms with Crippen LogP contribution in [0.2, 0.25) is 0 Å². The fourth-order valence-corrected chi connectivity index (χ4v) is 5.99. The molecule has 1 aliphatic rings. The summed E-state index contributed by atoms with van der Waals surface area (Å²) in [5.74, 6) is -0.155. The first-order chi connectivity index (χ1) is 27.1. The second-order valence-corrected chi connectivity index (χ2v) is 11.7. The molecule has 4 aromatic carbocycles. The summed E-state index contributed by atoms with van der Waals surface area (Å²) in [5.41, 5.74) is 4.12. The number of aromatic nitrogens is 2.